The third kappa shape index (κ3) is 3.95. The number of ether oxygens (including phenoxy) is 1. The molecule has 1 saturated carbocycles. The number of nitrogens with one attached hydrogen (secondary N) is 1. The van der Waals surface area contributed by atoms with E-state index >= 15 is 0 Å². The van der Waals surface area contributed by atoms with Crippen LogP contribution in [0, 0.1) is 17.8 Å². The third-order valence-electron chi connectivity index (χ3n) is 5.46. The lowest BCUT2D eigenvalue weighted by Crippen LogP contribution is -2.41. The summed E-state index contributed by atoms with van der Waals surface area (Å²) in [5.74, 6) is 2.57. The lowest BCUT2D eigenvalue weighted by molar-refractivity contribution is -0.0311. The fraction of sp³-hybridized carbons (Fsp3) is 1.00. The van der Waals surface area contributed by atoms with Crippen LogP contribution >= 0.6 is 0 Å². The molecule has 1 N–H and O–H groups in total. The van der Waals surface area contributed by atoms with Crippen LogP contribution in [0.5, 0.6) is 0 Å². The van der Waals surface area contributed by atoms with Crippen LogP contribution in [0.4, 0.5) is 0 Å². The van der Waals surface area contributed by atoms with E-state index in [9.17, 15) is 0 Å². The molecular weight excluding hydrogens is 234 g/mol. The van der Waals surface area contributed by atoms with Gasteiger partial charge in [0, 0.05) is 6.04 Å². The lowest BCUT2D eigenvalue weighted by atomic mass is 9.72. The molecule has 2 aliphatic rings. The van der Waals surface area contributed by atoms with E-state index in [0.29, 0.717) is 12.1 Å². The number of hydrogen-bond acceptors (Lipinski definition) is 2. The monoisotopic (exact) mass is 267 g/mol. The Labute approximate surface area is 119 Å². The molecule has 1 aliphatic carbocycles. The van der Waals surface area contributed by atoms with E-state index in [4.69, 9.17) is 4.74 Å². The summed E-state index contributed by atoms with van der Waals surface area (Å²) in [6.07, 6.45) is 8.38. The zero-order chi connectivity index (χ0) is 14.0. The summed E-state index contributed by atoms with van der Waals surface area (Å²) >= 11 is 0. The van der Waals surface area contributed by atoms with Crippen LogP contribution in [0.3, 0.4) is 0 Å². The van der Waals surface area contributed by atoms with Crippen LogP contribution < -0.4 is 5.32 Å². The Balaban J connectivity index is 1.91. The van der Waals surface area contributed by atoms with Crippen molar-refractivity contribution in [2.45, 2.75) is 84.0 Å². The molecule has 1 saturated heterocycles. The maximum Gasteiger partial charge on any atom is 0.0631 e. The molecule has 4 unspecified atom stereocenters. The highest BCUT2D eigenvalue weighted by Gasteiger charge is 2.37. The first-order valence-corrected chi connectivity index (χ1v) is 8.26. The van der Waals surface area contributed by atoms with Gasteiger partial charge in [-0.3, -0.25) is 0 Å². The van der Waals surface area contributed by atoms with Crippen molar-refractivity contribution in [3.8, 4) is 0 Å². The maximum absolute atomic E-state index is 6.21. The molecule has 1 aliphatic heterocycles. The van der Waals surface area contributed by atoms with Crippen LogP contribution in [-0.2, 0) is 4.74 Å². The molecule has 0 bridgehead atoms. The molecule has 19 heavy (non-hydrogen) atoms. The summed E-state index contributed by atoms with van der Waals surface area (Å²) in [6.45, 7) is 9.24. The van der Waals surface area contributed by atoms with E-state index in [1.54, 1.807) is 0 Å². The molecule has 0 aromatic heterocycles. The Morgan fingerprint density at radius 1 is 1.21 bits per heavy atom. The van der Waals surface area contributed by atoms with Crippen molar-refractivity contribution >= 4 is 0 Å². The summed E-state index contributed by atoms with van der Waals surface area (Å²) in [7, 11) is 2.13. The van der Waals surface area contributed by atoms with Gasteiger partial charge in [-0.2, -0.15) is 0 Å². The second-order valence-corrected chi connectivity index (χ2v) is 7.75. The van der Waals surface area contributed by atoms with E-state index in [2.05, 4.69) is 40.1 Å². The van der Waals surface area contributed by atoms with Crippen LogP contribution in [0.1, 0.15) is 66.2 Å². The minimum Gasteiger partial charge on any atom is -0.372 e. The second-order valence-electron chi connectivity index (χ2n) is 7.75. The lowest BCUT2D eigenvalue weighted by Gasteiger charge is -2.39. The Kier molecular flexibility index (Phi) is 4.94. The molecular formula is C17H33NO. The average molecular weight is 267 g/mol. The van der Waals surface area contributed by atoms with Crippen molar-refractivity contribution < 1.29 is 4.74 Å². The minimum absolute atomic E-state index is 0.117. The van der Waals surface area contributed by atoms with Crippen LogP contribution in [-0.4, -0.2) is 24.8 Å². The fourth-order valence-electron chi connectivity index (χ4n) is 4.13. The van der Waals surface area contributed by atoms with Crippen molar-refractivity contribution in [1.82, 2.24) is 5.32 Å². The van der Waals surface area contributed by atoms with Crippen molar-refractivity contribution in [3.63, 3.8) is 0 Å². The topological polar surface area (TPSA) is 21.3 Å². The van der Waals surface area contributed by atoms with E-state index in [0.717, 1.165) is 17.8 Å². The molecule has 0 amide bonds. The van der Waals surface area contributed by atoms with E-state index in [1.807, 2.05) is 0 Å². The van der Waals surface area contributed by atoms with Gasteiger partial charge >= 0.3 is 0 Å². The number of rotatable bonds is 4. The fourth-order valence-corrected chi connectivity index (χ4v) is 4.13. The van der Waals surface area contributed by atoms with Gasteiger partial charge in [0.1, 0.15) is 0 Å². The quantitative estimate of drug-likeness (QED) is 0.831. The highest BCUT2D eigenvalue weighted by Crippen LogP contribution is 2.39. The molecule has 2 heteroatoms. The highest BCUT2D eigenvalue weighted by atomic mass is 16.5. The van der Waals surface area contributed by atoms with Crippen molar-refractivity contribution in [1.29, 1.82) is 0 Å². The predicted octanol–water partition coefficient (Wildman–Crippen LogP) is 3.99. The SMILES string of the molecule is CNC1CCC(C(C)C)CC1CC1CCC(C)(C)O1. The zero-order valence-electron chi connectivity index (χ0n) is 13.5. The normalized spacial score (nSPS) is 38.8. The Hall–Kier alpha value is -0.0800. The molecule has 2 fully saturated rings. The van der Waals surface area contributed by atoms with Crippen molar-refractivity contribution in [2.24, 2.45) is 17.8 Å². The largest absolute Gasteiger partial charge is 0.372 e. The summed E-state index contributed by atoms with van der Waals surface area (Å²) in [4.78, 5) is 0. The summed E-state index contributed by atoms with van der Waals surface area (Å²) in [5, 5.41) is 3.55. The molecule has 112 valence electrons. The molecule has 0 aromatic carbocycles. The Morgan fingerprint density at radius 3 is 2.47 bits per heavy atom. The Bertz CT molecular complexity index is 287. The van der Waals surface area contributed by atoms with Gasteiger partial charge in [0.15, 0.2) is 0 Å². The van der Waals surface area contributed by atoms with Gasteiger partial charge in [0.05, 0.1) is 11.7 Å². The van der Waals surface area contributed by atoms with E-state index < -0.39 is 0 Å². The molecule has 1 heterocycles. The minimum atomic E-state index is 0.117. The van der Waals surface area contributed by atoms with Crippen LogP contribution in [0.2, 0.25) is 0 Å². The van der Waals surface area contributed by atoms with Gasteiger partial charge in [-0.25, -0.2) is 0 Å². The van der Waals surface area contributed by atoms with Crippen molar-refractivity contribution in [3.05, 3.63) is 0 Å². The first kappa shape index (κ1) is 15.3. The van der Waals surface area contributed by atoms with Crippen molar-refractivity contribution in [2.75, 3.05) is 7.05 Å². The number of hydrogen-bond donors (Lipinski definition) is 1. The third-order valence-corrected chi connectivity index (χ3v) is 5.46. The van der Waals surface area contributed by atoms with E-state index in [-0.39, 0.29) is 5.60 Å². The molecule has 2 nitrogen and oxygen atoms in total. The van der Waals surface area contributed by atoms with Gasteiger partial charge < -0.3 is 10.1 Å². The summed E-state index contributed by atoms with van der Waals surface area (Å²) in [6, 6.07) is 0.710. The van der Waals surface area contributed by atoms with Gasteiger partial charge in [-0.1, -0.05) is 13.8 Å². The first-order chi connectivity index (χ1) is 8.91. The average Bonchev–Trinajstić information content (AvgIpc) is 2.68. The zero-order valence-corrected chi connectivity index (χ0v) is 13.5. The van der Waals surface area contributed by atoms with E-state index in [1.165, 1.54) is 38.5 Å². The summed E-state index contributed by atoms with van der Waals surface area (Å²) < 4.78 is 6.21. The first-order valence-electron chi connectivity index (χ1n) is 8.26. The van der Waals surface area contributed by atoms with Crippen LogP contribution in [0.25, 0.3) is 0 Å². The highest BCUT2D eigenvalue weighted by molar-refractivity contribution is 4.89. The van der Waals surface area contributed by atoms with Gasteiger partial charge in [0.25, 0.3) is 0 Å². The smallest absolute Gasteiger partial charge is 0.0631 e. The molecule has 0 aromatic rings. The maximum atomic E-state index is 6.21. The second kappa shape index (κ2) is 6.13. The van der Waals surface area contributed by atoms with Gasteiger partial charge in [-0.15, -0.1) is 0 Å². The predicted molar refractivity (Wildman–Crippen MR) is 81.3 cm³/mol. The summed E-state index contributed by atoms with van der Waals surface area (Å²) in [5.41, 5.74) is 0.117. The molecule has 0 spiro atoms. The Morgan fingerprint density at radius 2 is 1.95 bits per heavy atom. The van der Waals surface area contributed by atoms with Crippen LogP contribution in [0.15, 0.2) is 0 Å². The van der Waals surface area contributed by atoms with Gasteiger partial charge in [0.2, 0.25) is 0 Å². The molecule has 4 atom stereocenters. The standard InChI is InChI=1S/C17H33NO/c1-12(2)13-6-7-16(18-5)14(10-13)11-15-8-9-17(3,4)19-15/h12-16,18H,6-11H2,1-5H3. The molecule has 0 radical (unpaired) electrons. The van der Waals surface area contributed by atoms with Gasteiger partial charge in [-0.05, 0) is 77.2 Å². The molecule has 2 rings (SSSR count).